The summed E-state index contributed by atoms with van der Waals surface area (Å²) >= 11 is 0. The number of hydrogen-bond donors (Lipinski definition) is 1. The van der Waals surface area contributed by atoms with Crippen LogP contribution in [0.25, 0.3) is 0 Å². The smallest absolute Gasteiger partial charge is 0.260 e. The highest BCUT2D eigenvalue weighted by atomic mass is 16.5. The van der Waals surface area contributed by atoms with E-state index in [0.29, 0.717) is 18.7 Å². The van der Waals surface area contributed by atoms with Gasteiger partial charge in [-0.3, -0.25) is 4.79 Å². The molecule has 1 heterocycles. The van der Waals surface area contributed by atoms with Crippen LogP contribution in [0.4, 0.5) is 11.5 Å². The molecule has 2 aromatic carbocycles. The molecule has 1 amide bonds. The Morgan fingerprint density at radius 1 is 1.00 bits per heavy atom. The van der Waals surface area contributed by atoms with Crippen LogP contribution >= 0.6 is 0 Å². The number of nitrogens with one attached hydrogen (secondary N) is 1. The lowest BCUT2D eigenvalue weighted by Gasteiger charge is -2.23. The molecular weight excluding hydrogens is 350 g/mol. The summed E-state index contributed by atoms with van der Waals surface area (Å²) in [5.74, 6) is 0.676. The first-order valence-electron chi connectivity index (χ1n) is 9.37. The fourth-order valence-corrected chi connectivity index (χ4v) is 2.87. The molecule has 0 fully saturated rings. The van der Waals surface area contributed by atoms with E-state index < -0.39 is 0 Å². The molecule has 1 N–H and O–H groups in total. The van der Waals surface area contributed by atoms with Crippen LogP contribution in [0.5, 0.6) is 0 Å². The SMILES string of the molecule is COCCCNc1ccc(C(=O)N(Cc2ccccc2)c2ccccc2)cn1. The van der Waals surface area contributed by atoms with Crippen molar-refractivity contribution >= 4 is 17.4 Å². The molecule has 0 saturated carbocycles. The summed E-state index contributed by atoms with van der Waals surface area (Å²) in [6.07, 6.45) is 2.53. The van der Waals surface area contributed by atoms with Gasteiger partial charge >= 0.3 is 0 Å². The number of nitrogens with zero attached hydrogens (tertiary/aromatic N) is 2. The molecule has 0 radical (unpaired) electrons. The predicted octanol–water partition coefficient (Wildman–Crippen LogP) is 4.38. The van der Waals surface area contributed by atoms with Gasteiger partial charge in [0.05, 0.1) is 12.1 Å². The minimum absolute atomic E-state index is 0.0755. The predicted molar refractivity (Wildman–Crippen MR) is 113 cm³/mol. The largest absolute Gasteiger partial charge is 0.385 e. The van der Waals surface area contributed by atoms with Crippen molar-refractivity contribution in [3.05, 3.63) is 90.1 Å². The second-order valence-corrected chi connectivity index (χ2v) is 6.42. The first-order chi connectivity index (χ1) is 13.8. The van der Waals surface area contributed by atoms with E-state index in [-0.39, 0.29) is 5.91 Å². The second kappa shape index (κ2) is 10.2. The first-order valence-corrected chi connectivity index (χ1v) is 9.37. The lowest BCUT2D eigenvalue weighted by atomic mass is 10.1. The lowest BCUT2D eigenvalue weighted by molar-refractivity contribution is 0.0985. The Labute approximate surface area is 166 Å². The van der Waals surface area contributed by atoms with Crippen molar-refractivity contribution in [3.8, 4) is 0 Å². The number of rotatable bonds is 9. The molecule has 3 aromatic rings. The number of aromatic nitrogens is 1. The fourth-order valence-electron chi connectivity index (χ4n) is 2.87. The van der Waals surface area contributed by atoms with Crippen LogP contribution in [0.3, 0.4) is 0 Å². The summed E-state index contributed by atoms with van der Waals surface area (Å²) in [5.41, 5.74) is 2.49. The van der Waals surface area contributed by atoms with Gasteiger partial charge in [0.2, 0.25) is 0 Å². The van der Waals surface area contributed by atoms with Crippen LogP contribution in [0.1, 0.15) is 22.3 Å². The minimum atomic E-state index is -0.0755. The zero-order valence-electron chi connectivity index (χ0n) is 16.0. The Balaban J connectivity index is 1.75. The quantitative estimate of drug-likeness (QED) is 0.564. The zero-order valence-corrected chi connectivity index (χ0v) is 16.0. The highest BCUT2D eigenvalue weighted by Gasteiger charge is 2.18. The van der Waals surface area contributed by atoms with E-state index in [9.17, 15) is 4.79 Å². The van der Waals surface area contributed by atoms with Gasteiger partial charge in [-0.2, -0.15) is 0 Å². The lowest BCUT2D eigenvalue weighted by Crippen LogP contribution is -2.30. The Morgan fingerprint density at radius 2 is 1.71 bits per heavy atom. The third-order valence-corrected chi connectivity index (χ3v) is 4.34. The molecule has 28 heavy (non-hydrogen) atoms. The molecule has 0 aliphatic heterocycles. The van der Waals surface area contributed by atoms with Gasteiger partial charge in [0.1, 0.15) is 5.82 Å². The van der Waals surface area contributed by atoms with Gasteiger partial charge in [-0.15, -0.1) is 0 Å². The molecule has 0 saturated heterocycles. The number of carbonyl (C=O) groups excluding carboxylic acids is 1. The third kappa shape index (κ3) is 5.41. The van der Waals surface area contributed by atoms with Crippen molar-refractivity contribution in [2.45, 2.75) is 13.0 Å². The number of carbonyl (C=O) groups is 1. The van der Waals surface area contributed by atoms with Crippen molar-refractivity contribution in [1.82, 2.24) is 4.98 Å². The maximum absolute atomic E-state index is 13.2. The fraction of sp³-hybridized carbons (Fsp3) is 0.217. The Bertz CT molecular complexity index is 852. The summed E-state index contributed by atoms with van der Waals surface area (Å²) < 4.78 is 5.04. The van der Waals surface area contributed by atoms with Gasteiger partial charge in [0, 0.05) is 32.1 Å². The highest BCUT2D eigenvalue weighted by molar-refractivity contribution is 6.05. The molecule has 0 aliphatic rings. The normalized spacial score (nSPS) is 10.5. The zero-order chi connectivity index (χ0) is 19.6. The summed E-state index contributed by atoms with van der Waals surface area (Å²) in [5, 5.41) is 3.23. The Hall–Kier alpha value is -3.18. The van der Waals surface area contributed by atoms with Crippen molar-refractivity contribution in [2.75, 3.05) is 30.5 Å². The van der Waals surface area contributed by atoms with Crippen molar-refractivity contribution in [2.24, 2.45) is 0 Å². The van der Waals surface area contributed by atoms with Gasteiger partial charge in [0.25, 0.3) is 5.91 Å². The average molecular weight is 375 g/mol. The number of amides is 1. The number of ether oxygens (including phenoxy) is 1. The number of pyridine rings is 1. The molecule has 0 aliphatic carbocycles. The van der Waals surface area contributed by atoms with Gasteiger partial charge in [-0.25, -0.2) is 4.98 Å². The molecule has 0 unspecified atom stereocenters. The van der Waals surface area contributed by atoms with E-state index >= 15 is 0 Å². The molecular formula is C23H25N3O2. The monoisotopic (exact) mass is 375 g/mol. The molecule has 0 atom stereocenters. The van der Waals surface area contributed by atoms with Crippen LogP contribution in [0.15, 0.2) is 79.0 Å². The topological polar surface area (TPSA) is 54.5 Å². The summed E-state index contributed by atoms with van der Waals surface area (Å²) in [6, 6.07) is 23.3. The number of methoxy groups -OCH3 is 1. The van der Waals surface area contributed by atoms with E-state index in [2.05, 4.69) is 10.3 Å². The van der Waals surface area contributed by atoms with Gasteiger partial charge in [0.15, 0.2) is 0 Å². The van der Waals surface area contributed by atoms with Crippen molar-refractivity contribution < 1.29 is 9.53 Å². The van der Waals surface area contributed by atoms with Gasteiger partial charge in [-0.05, 0) is 36.2 Å². The van der Waals surface area contributed by atoms with Crippen molar-refractivity contribution in [1.29, 1.82) is 0 Å². The highest BCUT2D eigenvalue weighted by Crippen LogP contribution is 2.20. The molecule has 144 valence electrons. The van der Waals surface area contributed by atoms with E-state index in [0.717, 1.165) is 30.0 Å². The number of hydrogen-bond acceptors (Lipinski definition) is 4. The minimum Gasteiger partial charge on any atom is -0.385 e. The summed E-state index contributed by atoms with van der Waals surface area (Å²) in [7, 11) is 1.69. The average Bonchev–Trinajstić information content (AvgIpc) is 2.76. The summed E-state index contributed by atoms with van der Waals surface area (Å²) in [6.45, 7) is 1.98. The maximum Gasteiger partial charge on any atom is 0.260 e. The molecule has 5 heteroatoms. The van der Waals surface area contributed by atoms with E-state index in [1.807, 2.05) is 72.8 Å². The van der Waals surface area contributed by atoms with Crippen molar-refractivity contribution in [3.63, 3.8) is 0 Å². The van der Waals surface area contributed by atoms with E-state index in [1.165, 1.54) is 0 Å². The third-order valence-electron chi connectivity index (χ3n) is 4.34. The van der Waals surface area contributed by atoms with Crippen LogP contribution in [0.2, 0.25) is 0 Å². The Kier molecular flexibility index (Phi) is 7.15. The van der Waals surface area contributed by atoms with Crippen LogP contribution in [0, 0.1) is 0 Å². The van der Waals surface area contributed by atoms with E-state index in [1.54, 1.807) is 18.2 Å². The van der Waals surface area contributed by atoms with Gasteiger partial charge in [-0.1, -0.05) is 48.5 Å². The standard InChI is InChI=1S/C23H25N3O2/c1-28-16-8-15-24-22-14-13-20(17-25-22)23(27)26(21-11-6-3-7-12-21)18-19-9-4-2-5-10-19/h2-7,9-14,17H,8,15-16,18H2,1H3,(H,24,25). The molecule has 3 rings (SSSR count). The number of anilines is 2. The van der Waals surface area contributed by atoms with Gasteiger partial charge < -0.3 is 15.0 Å². The van der Waals surface area contributed by atoms with Crippen LogP contribution in [-0.2, 0) is 11.3 Å². The Morgan fingerprint density at radius 3 is 2.36 bits per heavy atom. The first kappa shape index (κ1) is 19.6. The maximum atomic E-state index is 13.2. The van der Waals surface area contributed by atoms with E-state index in [4.69, 9.17) is 4.74 Å². The second-order valence-electron chi connectivity index (χ2n) is 6.42. The number of para-hydroxylation sites is 1. The summed E-state index contributed by atoms with van der Waals surface area (Å²) in [4.78, 5) is 19.4. The molecule has 1 aromatic heterocycles. The molecule has 0 bridgehead atoms. The molecule has 0 spiro atoms. The van der Waals surface area contributed by atoms with Crippen LogP contribution in [-0.4, -0.2) is 31.2 Å². The number of benzene rings is 2. The molecule has 5 nitrogen and oxygen atoms in total. The van der Waals surface area contributed by atoms with Crippen LogP contribution < -0.4 is 10.2 Å².